The molecule has 0 atom stereocenters. The molecule has 27 heavy (non-hydrogen) atoms. The molecule has 1 heterocycles. The molecule has 11 heteroatoms. The first-order valence-electron chi connectivity index (χ1n) is 7.85. The lowest BCUT2D eigenvalue weighted by Gasteiger charge is -2.13. The van der Waals surface area contributed by atoms with Gasteiger partial charge in [-0.15, -0.1) is 0 Å². The van der Waals surface area contributed by atoms with Crippen molar-refractivity contribution in [3.8, 4) is 5.75 Å². The summed E-state index contributed by atoms with van der Waals surface area (Å²) in [6.07, 6.45) is 3.03. The molecule has 0 aliphatic carbocycles. The number of anilines is 2. The van der Waals surface area contributed by atoms with Crippen LogP contribution in [0.25, 0.3) is 0 Å². The van der Waals surface area contributed by atoms with Crippen molar-refractivity contribution in [3.63, 3.8) is 0 Å². The van der Waals surface area contributed by atoms with Gasteiger partial charge in [-0.3, -0.25) is 4.98 Å². The molecule has 0 saturated heterocycles. The maximum atomic E-state index is 13.7. The number of carbonyl (C=O) groups is 1. The van der Waals surface area contributed by atoms with Gasteiger partial charge in [0.2, 0.25) is 0 Å². The van der Waals surface area contributed by atoms with Gasteiger partial charge in [0.25, 0.3) is 10.2 Å². The first-order chi connectivity index (χ1) is 12.8. The highest BCUT2D eigenvalue weighted by molar-refractivity contribution is 7.87. The summed E-state index contributed by atoms with van der Waals surface area (Å²) in [6, 6.07) is 6.43. The molecule has 2 amide bonds. The van der Waals surface area contributed by atoms with E-state index in [9.17, 15) is 17.6 Å². The van der Waals surface area contributed by atoms with Gasteiger partial charge in [-0.25, -0.2) is 9.18 Å². The highest BCUT2D eigenvalue weighted by Crippen LogP contribution is 2.20. The van der Waals surface area contributed by atoms with Crippen LogP contribution in [0.4, 0.5) is 20.6 Å². The van der Waals surface area contributed by atoms with E-state index in [2.05, 4.69) is 20.3 Å². The Labute approximate surface area is 156 Å². The highest BCUT2D eigenvalue weighted by atomic mass is 32.2. The second-order valence-corrected chi connectivity index (χ2v) is 7.50. The summed E-state index contributed by atoms with van der Waals surface area (Å²) >= 11 is 0. The molecule has 2 aromatic rings. The van der Waals surface area contributed by atoms with Gasteiger partial charge in [-0.2, -0.15) is 17.4 Å². The van der Waals surface area contributed by atoms with Gasteiger partial charge in [0.15, 0.2) is 0 Å². The largest absolute Gasteiger partial charge is 0.492 e. The molecule has 0 aliphatic heterocycles. The van der Waals surface area contributed by atoms with Crippen molar-refractivity contribution in [3.05, 3.63) is 48.5 Å². The van der Waals surface area contributed by atoms with Crippen molar-refractivity contribution in [1.29, 1.82) is 0 Å². The van der Waals surface area contributed by atoms with Gasteiger partial charge in [-0.1, -0.05) is 0 Å². The second-order valence-electron chi connectivity index (χ2n) is 5.53. The average molecular weight is 397 g/mol. The van der Waals surface area contributed by atoms with Crippen LogP contribution in [-0.2, 0) is 10.2 Å². The van der Waals surface area contributed by atoms with Crippen LogP contribution in [0.2, 0.25) is 0 Å². The first kappa shape index (κ1) is 20.6. The zero-order valence-electron chi connectivity index (χ0n) is 14.8. The fourth-order valence-corrected chi connectivity index (χ4v) is 2.52. The summed E-state index contributed by atoms with van der Waals surface area (Å²) in [5, 5.41) is 5.04. The molecule has 0 radical (unpaired) electrons. The van der Waals surface area contributed by atoms with E-state index in [0.717, 1.165) is 16.4 Å². The molecule has 0 spiro atoms. The molecule has 2 rings (SSSR count). The molecular formula is C16H20FN5O4S. The average Bonchev–Trinajstić information content (AvgIpc) is 2.59. The quantitative estimate of drug-likeness (QED) is 0.586. The SMILES string of the molecule is CN(C)S(=O)(=O)NCCOc1cc(F)cc(NC(=O)Nc2cccnc2)c1. The normalized spacial score (nSPS) is 11.3. The maximum absolute atomic E-state index is 13.7. The number of benzene rings is 1. The Morgan fingerprint density at radius 2 is 1.96 bits per heavy atom. The van der Waals surface area contributed by atoms with Gasteiger partial charge in [0, 0.05) is 44.7 Å². The molecule has 0 unspecified atom stereocenters. The fraction of sp³-hybridized carbons (Fsp3) is 0.250. The monoisotopic (exact) mass is 397 g/mol. The third kappa shape index (κ3) is 6.81. The lowest BCUT2D eigenvalue weighted by Crippen LogP contribution is -2.37. The van der Waals surface area contributed by atoms with Gasteiger partial charge < -0.3 is 15.4 Å². The first-order valence-corrected chi connectivity index (χ1v) is 9.29. The van der Waals surface area contributed by atoms with E-state index >= 15 is 0 Å². The van der Waals surface area contributed by atoms with Crippen LogP contribution in [0.5, 0.6) is 5.75 Å². The molecule has 1 aromatic heterocycles. The van der Waals surface area contributed by atoms with Gasteiger partial charge in [-0.05, 0) is 18.2 Å². The number of nitrogens with zero attached hydrogens (tertiary/aromatic N) is 2. The van der Waals surface area contributed by atoms with E-state index in [1.165, 1.54) is 26.4 Å². The molecule has 1 aromatic carbocycles. The Hall–Kier alpha value is -2.76. The zero-order valence-corrected chi connectivity index (χ0v) is 15.6. The third-order valence-corrected chi connectivity index (χ3v) is 4.71. The van der Waals surface area contributed by atoms with Crippen LogP contribution in [0.15, 0.2) is 42.7 Å². The lowest BCUT2D eigenvalue weighted by molar-refractivity contribution is 0.262. The minimum Gasteiger partial charge on any atom is -0.492 e. The highest BCUT2D eigenvalue weighted by Gasteiger charge is 2.12. The third-order valence-electron chi connectivity index (χ3n) is 3.18. The molecule has 0 fully saturated rings. The van der Waals surface area contributed by atoms with Crippen molar-refractivity contribution in [2.75, 3.05) is 37.9 Å². The molecule has 3 N–H and O–H groups in total. The number of urea groups is 1. The van der Waals surface area contributed by atoms with Crippen LogP contribution in [0, 0.1) is 5.82 Å². The van der Waals surface area contributed by atoms with E-state index in [4.69, 9.17) is 4.74 Å². The van der Waals surface area contributed by atoms with Crippen LogP contribution < -0.4 is 20.1 Å². The topological polar surface area (TPSA) is 113 Å². The predicted molar refractivity (Wildman–Crippen MR) is 99.4 cm³/mol. The number of amides is 2. The van der Waals surface area contributed by atoms with E-state index in [-0.39, 0.29) is 24.6 Å². The summed E-state index contributed by atoms with van der Waals surface area (Å²) in [5.41, 5.74) is 0.663. The Morgan fingerprint density at radius 3 is 2.63 bits per heavy atom. The van der Waals surface area contributed by atoms with Crippen LogP contribution in [0.3, 0.4) is 0 Å². The summed E-state index contributed by atoms with van der Waals surface area (Å²) in [6.45, 7) is -0.0148. The molecule has 0 bridgehead atoms. The number of nitrogens with one attached hydrogen (secondary N) is 3. The number of rotatable bonds is 8. The molecule has 146 valence electrons. The zero-order chi connectivity index (χ0) is 19.9. The molecule has 0 aliphatic rings. The summed E-state index contributed by atoms with van der Waals surface area (Å²) in [7, 11) is -0.769. The Kier molecular flexibility index (Phi) is 7.05. The van der Waals surface area contributed by atoms with Crippen molar-refractivity contribution >= 4 is 27.6 Å². The fourth-order valence-electron chi connectivity index (χ4n) is 1.92. The van der Waals surface area contributed by atoms with Crippen molar-refractivity contribution in [2.24, 2.45) is 0 Å². The summed E-state index contributed by atoms with van der Waals surface area (Å²) < 4.78 is 45.5. The number of hydrogen-bond donors (Lipinski definition) is 3. The molecular weight excluding hydrogens is 377 g/mol. The molecule has 0 saturated carbocycles. The number of ether oxygens (including phenoxy) is 1. The van der Waals surface area contributed by atoms with E-state index in [1.54, 1.807) is 18.3 Å². The Balaban J connectivity index is 1.90. The van der Waals surface area contributed by atoms with Crippen molar-refractivity contribution < 1.29 is 22.3 Å². The Morgan fingerprint density at radius 1 is 1.22 bits per heavy atom. The smallest absolute Gasteiger partial charge is 0.323 e. The van der Waals surface area contributed by atoms with Crippen LogP contribution in [-0.4, -0.2) is 51.0 Å². The van der Waals surface area contributed by atoms with Crippen molar-refractivity contribution in [2.45, 2.75) is 0 Å². The number of aromatic nitrogens is 1. The lowest BCUT2D eigenvalue weighted by atomic mass is 10.3. The summed E-state index contributed by atoms with van der Waals surface area (Å²) in [4.78, 5) is 15.8. The van der Waals surface area contributed by atoms with Gasteiger partial charge in [0.05, 0.1) is 11.9 Å². The number of halogens is 1. The summed E-state index contributed by atoms with van der Waals surface area (Å²) in [5.74, 6) is -0.464. The minimum absolute atomic E-state index is 0.00127. The number of hydrogen-bond acceptors (Lipinski definition) is 5. The minimum atomic E-state index is -3.56. The van der Waals surface area contributed by atoms with Gasteiger partial charge >= 0.3 is 6.03 Å². The van der Waals surface area contributed by atoms with E-state index in [1.807, 2.05) is 0 Å². The van der Waals surface area contributed by atoms with Crippen LogP contribution in [0.1, 0.15) is 0 Å². The van der Waals surface area contributed by atoms with Crippen LogP contribution >= 0.6 is 0 Å². The number of carbonyl (C=O) groups excluding carboxylic acids is 1. The number of pyridine rings is 1. The Bertz CT molecular complexity index is 878. The molecule has 9 nitrogen and oxygen atoms in total. The van der Waals surface area contributed by atoms with Gasteiger partial charge in [0.1, 0.15) is 18.2 Å². The maximum Gasteiger partial charge on any atom is 0.323 e. The van der Waals surface area contributed by atoms with E-state index in [0.29, 0.717) is 5.69 Å². The van der Waals surface area contributed by atoms with E-state index < -0.39 is 22.1 Å². The van der Waals surface area contributed by atoms with Crippen molar-refractivity contribution in [1.82, 2.24) is 14.0 Å². The predicted octanol–water partition coefficient (Wildman–Crippen LogP) is 1.64. The second kappa shape index (κ2) is 9.26. The standard InChI is InChI=1S/C16H20FN5O4S/c1-22(2)27(24,25)19-6-7-26-15-9-12(17)8-14(10-15)21-16(23)20-13-4-3-5-18-11-13/h3-5,8-11,19H,6-7H2,1-2H3,(H2,20,21,23).